The third-order valence-corrected chi connectivity index (χ3v) is 3.02. The number of Topliss-reactive ketones (excluding diaryl/α,β-unsaturated/α-hetero) is 1. The number of hydrogen-bond acceptors (Lipinski definition) is 3. The van der Waals surface area contributed by atoms with Crippen LogP contribution < -0.4 is 11.5 Å². The average Bonchev–Trinajstić information content (AvgIpc) is 2.74. The SMILES string of the molecule is C[C@H](N)C(=O)C(CN)c1c[nH]c2ccccc12. The first-order chi connectivity index (χ1) is 8.15. The lowest BCUT2D eigenvalue weighted by Crippen LogP contribution is -2.34. The van der Waals surface area contributed by atoms with Crippen molar-refractivity contribution in [1.29, 1.82) is 0 Å². The van der Waals surface area contributed by atoms with Gasteiger partial charge in [-0.3, -0.25) is 4.79 Å². The fourth-order valence-corrected chi connectivity index (χ4v) is 2.10. The van der Waals surface area contributed by atoms with Gasteiger partial charge in [-0.05, 0) is 18.6 Å². The Balaban J connectivity index is 2.47. The summed E-state index contributed by atoms with van der Waals surface area (Å²) in [6.45, 7) is 1.97. The van der Waals surface area contributed by atoms with Crippen LogP contribution in [0.15, 0.2) is 30.5 Å². The van der Waals surface area contributed by atoms with Crippen LogP contribution in [0.4, 0.5) is 0 Å². The molecule has 2 atom stereocenters. The normalized spacial score (nSPS) is 14.8. The van der Waals surface area contributed by atoms with Crippen molar-refractivity contribution in [3.8, 4) is 0 Å². The highest BCUT2D eigenvalue weighted by Gasteiger charge is 2.24. The Bertz CT molecular complexity index is 530. The second-order valence-corrected chi connectivity index (χ2v) is 4.27. The number of fused-ring (bicyclic) bond motifs is 1. The van der Waals surface area contributed by atoms with E-state index in [0.717, 1.165) is 16.5 Å². The minimum atomic E-state index is -0.489. The van der Waals surface area contributed by atoms with E-state index >= 15 is 0 Å². The lowest BCUT2D eigenvalue weighted by molar-refractivity contribution is -0.121. The number of rotatable bonds is 4. The van der Waals surface area contributed by atoms with Crippen LogP contribution >= 0.6 is 0 Å². The van der Waals surface area contributed by atoms with Gasteiger partial charge in [-0.2, -0.15) is 0 Å². The summed E-state index contributed by atoms with van der Waals surface area (Å²) in [5, 5.41) is 1.04. The topological polar surface area (TPSA) is 84.9 Å². The zero-order valence-electron chi connectivity index (χ0n) is 9.81. The van der Waals surface area contributed by atoms with Gasteiger partial charge in [0.2, 0.25) is 0 Å². The fraction of sp³-hybridized carbons (Fsp3) is 0.308. The van der Waals surface area contributed by atoms with Crippen molar-refractivity contribution in [3.05, 3.63) is 36.0 Å². The molecule has 0 saturated carbocycles. The first-order valence-corrected chi connectivity index (χ1v) is 5.70. The van der Waals surface area contributed by atoms with Gasteiger partial charge >= 0.3 is 0 Å². The number of benzene rings is 1. The fourth-order valence-electron chi connectivity index (χ4n) is 2.10. The lowest BCUT2D eigenvalue weighted by atomic mass is 9.91. The molecular weight excluding hydrogens is 214 g/mol. The number of hydrogen-bond donors (Lipinski definition) is 3. The van der Waals surface area contributed by atoms with E-state index in [9.17, 15) is 4.79 Å². The van der Waals surface area contributed by atoms with E-state index in [1.807, 2.05) is 30.5 Å². The van der Waals surface area contributed by atoms with Crippen LogP contribution in [0.3, 0.4) is 0 Å². The Morgan fingerprint density at radius 3 is 2.76 bits per heavy atom. The van der Waals surface area contributed by atoms with Crippen molar-refractivity contribution < 1.29 is 4.79 Å². The number of aromatic nitrogens is 1. The van der Waals surface area contributed by atoms with Crippen molar-refractivity contribution in [3.63, 3.8) is 0 Å². The van der Waals surface area contributed by atoms with Crippen molar-refractivity contribution >= 4 is 16.7 Å². The van der Waals surface area contributed by atoms with Crippen LogP contribution in [0.1, 0.15) is 18.4 Å². The lowest BCUT2D eigenvalue weighted by Gasteiger charge is -2.15. The molecule has 4 heteroatoms. The summed E-state index contributed by atoms with van der Waals surface area (Å²) in [5.41, 5.74) is 13.3. The average molecular weight is 231 g/mol. The van der Waals surface area contributed by atoms with Gasteiger partial charge in [0.15, 0.2) is 5.78 Å². The molecular formula is C13H17N3O. The Morgan fingerprint density at radius 2 is 2.12 bits per heavy atom. The smallest absolute Gasteiger partial charge is 0.158 e. The zero-order chi connectivity index (χ0) is 12.4. The molecule has 5 N–H and O–H groups in total. The highest BCUT2D eigenvalue weighted by Crippen LogP contribution is 2.26. The number of carbonyl (C=O) groups excluding carboxylic acids is 1. The number of carbonyl (C=O) groups is 1. The molecule has 0 aliphatic carbocycles. The van der Waals surface area contributed by atoms with Crippen LogP contribution in [0.2, 0.25) is 0 Å². The van der Waals surface area contributed by atoms with Gasteiger partial charge in [0.1, 0.15) is 0 Å². The number of ketones is 1. The maximum Gasteiger partial charge on any atom is 0.158 e. The van der Waals surface area contributed by atoms with Gasteiger partial charge in [0.05, 0.1) is 12.0 Å². The van der Waals surface area contributed by atoms with Crippen molar-refractivity contribution in [2.75, 3.05) is 6.54 Å². The van der Waals surface area contributed by atoms with E-state index < -0.39 is 6.04 Å². The maximum atomic E-state index is 12.0. The predicted molar refractivity (Wildman–Crippen MR) is 68.8 cm³/mol. The summed E-state index contributed by atoms with van der Waals surface area (Å²) in [6, 6.07) is 7.37. The second kappa shape index (κ2) is 4.69. The molecule has 1 unspecified atom stereocenters. The Morgan fingerprint density at radius 1 is 1.41 bits per heavy atom. The second-order valence-electron chi connectivity index (χ2n) is 4.27. The summed E-state index contributed by atoms with van der Waals surface area (Å²) in [7, 11) is 0. The van der Waals surface area contributed by atoms with Crippen LogP contribution in [0.5, 0.6) is 0 Å². The molecule has 1 aromatic heterocycles. The third kappa shape index (κ3) is 2.09. The van der Waals surface area contributed by atoms with Crippen LogP contribution in [0, 0.1) is 0 Å². The van der Waals surface area contributed by atoms with Gasteiger partial charge in [-0.15, -0.1) is 0 Å². The largest absolute Gasteiger partial charge is 0.361 e. The summed E-state index contributed by atoms with van der Waals surface area (Å²) >= 11 is 0. The molecule has 0 amide bonds. The van der Waals surface area contributed by atoms with E-state index in [4.69, 9.17) is 11.5 Å². The van der Waals surface area contributed by atoms with Crippen molar-refractivity contribution in [2.45, 2.75) is 18.9 Å². The molecule has 0 aliphatic heterocycles. The molecule has 17 heavy (non-hydrogen) atoms. The van der Waals surface area contributed by atoms with Gasteiger partial charge in [0.25, 0.3) is 0 Å². The Labute approximate surface area is 100.0 Å². The number of aromatic amines is 1. The van der Waals surface area contributed by atoms with Gasteiger partial charge in [0, 0.05) is 23.6 Å². The van der Waals surface area contributed by atoms with Gasteiger partial charge < -0.3 is 16.5 Å². The van der Waals surface area contributed by atoms with Crippen LogP contribution in [0.25, 0.3) is 10.9 Å². The summed E-state index contributed by atoms with van der Waals surface area (Å²) < 4.78 is 0. The number of nitrogens with one attached hydrogen (secondary N) is 1. The standard InChI is InChI=1S/C13H17N3O/c1-8(15)13(17)10(6-14)11-7-16-12-5-3-2-4-9(11)12/h2-5,7-8,10,16H,6,14-15H2,1H3/t8-,10?/m0/s1. The quantitative estimate of drug-likeness (QED) is 0.737. The molecule has 90 valence electrons. The first-order valence-electron chi connectivity index (χ1n) is 5.70. The molecule has 0 bridgehead atoms. The molecule has 4 nitrogen and oxygen atoms in total. The molecule has 1 heterocycles. The molecule has 2 aromatic rings. The van der Waals surface area contributed by atoms with Gasteiger partial charge in [-0.25, -0.2) is 0 Å². The molecule has 0 spiro atoms. The Kier molecular flexibility index (Phi) is 3.26. The molecule has 0 radical (unpaired) electrons. The highest BCUT2D eigenvalue weighted by molar-refractivity contribution is 5.95. The van der Waals surface area contributed by atoms with Crippen LogP contribution in [-0.2, 0) is 4.79 Å². The molecule has 0 aliphatic rings. The van der Waals surface area contributed by atoms with E-state index in [1.165, 1.54) is 0 Å². The highest BCUT2D eigenvalue weighted by atomic mass is 16.1. The monoisotopic (exact) mass is 231 g/mol. The molecule has 2 rings (SSSR count). The summed E-state index contributed by atoms with van der Waals surface area (Å²) in [4.78, 5) is 15.1. The minimum Gasteiger partial charge on any atom is -0.361 e. The predicted octanol–water partition coefficient (Wildman–Crippen LogP) is 1.13. The summed E-state index contributed by atoms with van der Waals surface area (Å²) in [5.74, 6) is -0.344. The van der Waals surface area contributed by atoms with E-state index in [2.05, 4.69) is 4.98 Å². The van der Waals surface area contributed by atoms with E-state index in [1.54, 1.807) is 6.92 Å². The number of para-hydroxylation sites is 1. The maximum absolute atomic E-state index is 12.0. The minimum absolute atomic E-state index is 0.0164. The molecule has 0 saturated heterocycles. The number of nitrogens with two attached hydrogens (primary N) is 2. The Hall–Kier alpha value is -1.65. The van der Waals surface area contributed by atoms with E-state index in [0.29, 0.717) is 0 Å². The first kappa shape index (κ1) is 11.8. The molecule has 0 fully saturated rings. The van der Waals surface area contributed by atoms with E-state index in [-0.39, 0.29) is 18.2 Å². The van der Waals surface area contributed by atoms with Gasteiger partial charge in [-0.1, -0.05) is 18.2 Å². The third-order valence-electron chi connectivity index (χ3n) is 3.02. The number of H-pyrrole nitrogens is 1. The zero-order valence-corrected chi connectivity index (χ0v) is 9.81. The molecule has 1 aromatic carbocycles. The van der Waals surface area contributed by atoms with Crippen LogP contribution in [-0.4, -0.2) is 23.4 Å². The summed E-state index contributed by atoms with van der Waals surface area (Å²) in [6.07, 6.45) is 1.85. The van der Waals surface area contributed by atoms with Crippen molar-refractivity contribution in [2.24, 2.45) is 11.5 Å². The van der Waals surface area contributed by atoms with Crippen molar-refractivity contribution in [1.82, 2.24) is 4.98 Å².